The number of ether oxygens (including phenoxy) is 1. The van der Waals surface area contributed by atoms with Gasteiger partial charge in [-0.2, -0.15) is 13.2 Å². The topological polar surface area (TPSA) is 9.23 Å². The summed E-state index contributed by atoms with van der Waals surface area (Å²) in [6, 6.07) is 3.74. The monoisotopic (exact) mass is 274 g/mol. The molecule has 19 heavy (non-hydrogen) atoms. The summed E-state index contributed by atoms with van der Waals surface area (Å²) in [7, 11) is 0. The van der Waals surface area contributed by atoms with E-state index in [9.17, 15) is 13.2 Å². The van der Waals surface area contributed by atoms with Crippen molar-refractivity contribution >= 4 is 0 Å². The average molecular weight is 274 g/mol. The fourth-order valence-corrected chi connectivity index (χ4v) is 1.76. The van der Waals surface area contributed by atoms with Gasteiger partial charge in [0.1, 0.15) is 5.75 Å². The summed E-state index contributed by atoms with van der Waals surface area (Å²) in [5.41, 5.74) is -0.102. The highest BCUT2D eigenvalue weighted by atomic mass is 19.4. The molecule has 4 heteroatoms. The van der Waals surface area contributed by atoms with Gasteiger partial charge < -0.3 is 4.74 Å². The van der Waals surface area contributed by atoms with Gasteiger partial charge in [0.2, 0.25) is 0 Å². The molecule has 0 aromatic heterocycles. The van der Waals surface area contributed by atoms with E-state index in [4.69, 9.17) is 4.74 Å². The Morgan fingerprint density at radius 3 is 2.21 bits per heavy atom. The predicted molar refractivity (Wildman–Crippen MR) is 70.5 cm³/mol. The van der Waals surface area contributed by atoms with Gasteiger partial charge in [-0.15, -0.1) is 0 Å². The first-order valence-electron chi connectivity index (χ1n) is 6.50. The van der Waals surface area contributed by atoms with Gasteiger partial charge in [0.15, 0.2) is 0 Å². The summed E-state index contributed by atoms with van der Waals surface area (Å²) in [6.07, 6.45) is -2.55. The van der Waals surface area contributed by atoms with Gasteiger partial charge in [0.05, 0.1) is 12.2 Å². The van der Waals surface area contributed by atoms with Crippen LogP contribution in [0.5, 0.6) is 5.75 Å². The van der Waals surface area contributed by atoms with Crippen LogP contribution in [0.25, 0.3) is 0 Å². The maximum absolute atomic E-state index is 12.7. The number of halogens is 3. The van der Waals surface area contributed by atoms with Crippen molar-refractivity contribution in [1.29, 1.82) is 0 Å². The predicted octanol–water partition coefficient (Wildman–Crippen LogP) is 5.18. The molecule has 0 unspecified atom stereocenters. The van der Waals surface area contributed by atoms with Gasteiger partial charge in [-0.1, -0.05) is 40.2 Å². The van der Waals surface area contributed by atoms with Crippen LogP contribution in [0.15, 0.2) is 18.2 Å². The fourth-order valence-electron chi connectivity index (χ4n) is 1.76. The summed E-state index contributed by atoms with van der Waals surface area (Å²) in [6.45, 7) is 8.34. The number of unbranched alkanes of at least 4 members (excludes halogenated alkanes) is 1. The molecule has 108 valence electrons. The minimum atomic E-state index is -4.33. The summed E-state index contributed by atoms with van der Waals surface area (Å²) in [4.78, 5) is 0. The van der Waals surface area contributed by atoms with Crippen molar-refractivity contribution in [2.24, 2.45) is 0 Å². The van der Waals surface area contributed by atoms with Gasteiger partial charge in [0.25, 0.3) is 0 Å². The lowest BCUT2D eigenvalue weighted by Gasteiger charge is -2.24. The highest BCUT2D eigenvalue weighted by Crippen LogP contribution is 2.37. The van der Waals surface area contributed by atoms with Crippen LogP contribution >= 0.6 is 0 Å². The number of benzene rings is 1. The fraction of sp³-hybridized carbons (Fsp3) is 0.600. The molecule has 1 nitrogen and oxygen atoms in total. The van der Waals surface area contributed by atoms with Crippen LogP contribution < -0.4 is 4.74 Å². The lowest BCUT2D eigenvalue weighted by Crippen LogP contribution is -2.15. The Morgan fingerprint density at radius 1 is 1.11 bits per heavy atom. The third-order valence-electron chi connectivity index (χ3n) is 2.87. The van der Waals surface area contributed by atoms with E-state index >= 15 is 0 Å². The van der Waals surface area contributed by atoms with Gasteiger partial charge in [-0.25, -0.2) is 0 Å². The van der Waals surface area contributed by atoms with Crippen LogP contribution in [-0.2, 0) is 11.6 Å². The van der Waals surface area contributed by atoms with Crippen LogP contribution in [0.4, 0.5) is 13.2 Å². The molecule has 0 aliphatic heterocycles. The Morgan fingerprint density at radius 2 is 1.74 bits per heavy atom. The molecule has 0 spiro atoms. The van der Waals surface area contributed by atoms with Gasteiger partial charge in [-0.05, 0) is 29.5 Å². The number of hydrogen-bond acceptors (Lipinski definition) is 1. The van der Waals surface area contributed by atoms with Crippen LogP contribution in [-0.4, -0.2) is 6.61 Å². The van der Waals surface area contributed by atoms with Gasteiger partial charge in [0, 0.05) is 0 Å². The Hall–Kier alpha value is -1.19. The second-order valence-corrected chi connectivity index (χ2v) is 5.66. The first kappa shape index (κ1) is 15.9. The average Bonchev–Trinajstić information content (AvgIpc) is 2.26. The Balaban J connectivity index is 3.12. The zero-order valence-electron chi connectivity index (χ0n) is 11.9. The van der Waals surface area contributed by atoms with Crippen LogP contribution in [0.2, 0.25) is 0 Å². The van der Waals surface area contributed by atoms with Crippen molar-refractivity contribution in [3.05, 3.63) is 29.3 Å². The molecule has 0 aliphatic rings. The van der Waals surface area contributed by atoms with E-state index in [1.165, 1.54) is 6.07 Å². The summed E-state index contributed by atoms with van der Waals surface area (Å²) in [5.74, 6) is 0.343. The smallest absolute Gasteiger partial charge is 0.416 e. The molecular weight excluding hydrogens is 253 g/mol. The Kier molecular flexibility index (Phi) is 4.88. The lowest BCUT2D eigenvalue weighted by molar-refractivity contribution is -0.137. The van der Waals surface area contributed by atoms with Gasteiger partial charge in [-0.3, -0.25) is 0 Å². The van der Waals surface area contributed by atoms with Crippen molar-refractivity contribution < 1.29 is 17.9 Å². The Labute approximate surface area is 112 Å². The molecule has 1 rings (SSSR count). The van der Waals surface area contributed by atoms with E-state index in [-0.39, 0.29) is 5.41 Å². The minimum Gasteiger partial charge on any atom is -0.493 e. The molecule has 1 aromatic carbocycles. The molecule has 0 saturated heterocycles. The third-order valence-corrected chi connectivity index (χ3v) is 2.87. The van der Waals surface area contributed by atoms with Crippen molar-refractivity contribution in [2.75, 3.05) is 6.61 Å². The highest BCUT2D eigenvalue weighted by Gasteiger charge is 2.32. The number of alkyl halides is 3. The minimum absolute atomic E-state index is 0.244. The molecule has 0 heterocycles. The van der Waals surface area contributed by atoms with E-state index in [2.05, 4.69) is 0 Å². The molecule has 0 atom stereocenters. The van der Waals surface area contributed by atoms with E-state index in [0.29, 0.717) is 12.4 Å². The van der Waals surface area contributed by atoms with Crippen molar-refractivity contribution in [3.8, 4) is 5.75 Å². The standard InChI is InChI=1S/C15H21F3O/c1-5-6-9-19-13-10-11(15(16,17)18)7-8-12(13)14(2,3)4/h7-8,10H,5-6,9H2,1-4H3. The van der Waals surface area contributed by atoms with E-state index < -0.39 is 11.7 Å². The molecule has 0 radical (unpaired) electrons. The lowest BCUT2D eigenvalue weighted by atomic mass is 9.85. The second-order valence-electron chi connectivity index (χ2n) is 5.66. The molecule has 0 amide bonds. The van der Waals surface area contributed by atoms with E-state index in [1.54, 1.807) is 0 Å². The third kappa shape index (κ3) is 4.44. The van der Waals surface area contributed by atoms with E-state index in [1.807, 2.05) is 27.7 Å². The summed E-state index contributed by atoms with van der Waals surface area (Å²) < 4.78 is 43.7. The largest absolute Gasteiger partial charge is 0.493 e. The van der Waals surface area contributed by atoms with Crippen molar-refractivity contribution in [1.82, 2.24) is 0 Å². The zero-order chi connectivity index (χ0) is 14.7. The van der Waals surface area contributed by atoms with Crippen LogP contribution in [0.1, 0.15) is 51.7 Å². The van der Waals surface area contributed by atoms with Gasteiger partial charge >= 0.3 is 6.18 Å². The first-order valence-corrected chi connectivity index (χ1v) is 6.50. The maximum Gasteiger partial charge on any atom is 0.416 e. The summed E-state index contributed by atoms with van der Waals surface area (Å²) in [5, 5.41) is 0. The molecular formula is C15H21F3O. The number of hydrogen-bond donors (Lipinski definition) is 0. The maximum atomic E-state index is 12.7. The van der Waals surface area contributed by atoms with Crippen LogP contribution in [0, 0.1) is 0 Å². The van der Waals surface area contributed by atoms with Crippen molar-refractivity contribution in [2.45, 2.75) is 52.1 Å². The highest BCUT2D eigenvalue weighted by molar-refractivity contribution is 5.42. The quantitative estimate of drug-likeness (QED) is 0.687. The molecule has 0 saturated carbocycles. The van der Waals surface area contributed by atoms with E-state index in [0.717, 1.165) is 30.5 Å². The first-order chi connectivity index (χ1) is 8.66. The number of rotatable bonds is 4. The zero-order valence-corrected chi connectivity index (χ0v) is 11.9. The SMILES string of the molecule is CCCCOc1cc(C(F)(F)F)ccc1C(C)(C)C. The molecule has 0 N–H and O–H groups in total. The molecule has 0 aliphatic carbocycles. The molecule has 0 bridgehead atoms. The normalized spacial score (nSPS) is 12.6. The Bertz CT molecular complexity index is 416. The molecule has 0 fully saturated rings. The summed E-state index contributed by atoms with van der Waals surface area (Å²) >= 11 is 0. The second kappa shape index (κ2) is 5.85. The van der Waals surface area contributed by atoms with Crippen LogP contribution in [0.3, 0.4) is 0 Å². The van der Waals surface area contributed by atoms with Crippen molar-refractivity contribution in [3.63, 3.8) is 0 Å². The molecule has 1 aromatic rings.